The van der Waals surface area contributed by atoms with Gasteiger partial charge < -0.3 is 24.8 Å². The second-order valence-corrected chi connectivity index (χ2v) is 12.0. The van der Waals surface area contributed by atoms with Crippen LogP contribution < -0.4 is 0 Å². The quantitative estimate of drug-likeness (QED) is 0.514. The Kier molecular flexibility index (Phi) is 5.49. The Balaban J connectivity index is 1.52. The standard InChI is InChI=1S/C28H38O7/c1-15-13-22(35-24(30)16(15)2)26(5,31)28(33)12-11-27(32)20-14-21-19(7-6-8-23(29)34-21)17(3)18(20)9-10-25(27,28)4/h6-7,18,20-22,31-33H,8-14H2,1-5H3/t18-,20-,21-,22-,25+,26+,27-,28+/m1/s1. The van der Waals surface area contributed by atoms with E-state index in [1.165, 1.54) is 0 Å². The predicted octanol–water partition coefficient (Wildman–Crippen LogP) is 3.27. The van der Waals surface area contributed by atoms with Gasteiger partial charge in [-0.1, -0.05) is 30.2 Å². The van der Waals surface area contributed by atoms with Gasteiger partial charge in [-0.15, -0.1) is 0 Å². The second kappa shape index (κ2) is 7.77. The number of hydrogen-bond donors (Lipinski definition) is 3. The van der Waals surface area contributed by atoms with E-state index in [9.17, 15) is 24.9 Å². The highest BCUT2D eigenvalue weighted by atomic mass is 16.6. The summed E-state index contributed by atoms with van der Waals surface area (Å²) in [5, 5.41) is 36.6. The average Bonchev–Trinajstić information content (AvgIpc) is 2.90. The maximum Gasteiger partial charge on any atom is 0.334 e. The molecule has 2 aliphatic heterocycles. The number of fused-ring (bicyclic) bond motifs is 4. The van der Waals surface area contributed by atoms with Crippen molar-refractivity contribution in [1.82, 2.24) is 0 Å². The fourth-order valence-corrected chi connectivity index (χ4v) is 8.08. The van der Waals surface area contributed by atoms with Crippen molar-refractivity contribution >= 4 is 11.9 Å². The Labute approximate surface area is 206 Å². The summed E-state index contributed by atoms with van der Waals surface area (Å²) in [5.41, 5.74) is -2.23. The molecule has 2 heterocycles. The third-order valence-electron chi connectivity index (χ3n) is 10.6. The van der Waals surface area contributed by atoms with Gasteiger partial charge in [0.15, 0.2) is 0 Å². The third kappa shape index (κ3) is 3.13. The van der Waals surface area contributed by atoms with Crippen molar-refractivity contribution in [1.29, 1.82) is 0 Å². The van der Waals surface area contributed by atoms with Crippen molar-refractivity contribution in [3.63, 3.8) is 0 Å². The van der Waals surface area contributed by atoms with E-state index in [-0.39, 0.29) is 30.6 Å². The molecule has 3 aliphatic carbocycles. The minimum atomic E-state index is -1.76. The number of carbonyl (C=O) groups excluding carboxylic acids is 2. The summed E-state index contributed by atoms with van der Waals surface area (Å²) in [5.74, 6) is -0.874. The SMILES string of the molecule is CC1=C(C)C(=O)O[C@@H]([C@](C)(O)[C@]2(O)CC[C@@]3(O)[C@@H]4C[C@H]5OC(=O)CC=CC5=C(C)[C@H]4CC[C@]23C)C1. The lowest BCUT2D eigenvalue weighted by Gasteiger charge is -2.61. The lowest BCUT2D eigenvalue weighted by atomic mass is 9.48. The molecule has 192 valence electrons. The van der Waals surface area contributed by atoms with E-state index < -0.39 is 40.4 Å². The van der Waals surface area contributed by atoms with Gasteiger partial charge in [-0.25, -0.2) is 4.79 Å². The molecule has 7 heteroatoms. The molecule has 0 amide bonds. The molecule has 0 aromatic carbocycles. The van der Waals surface area contributed by atoms with Crippen LogP contribution in [0, 0.1) is 17.3 Å². The molecule has 35 heavy (non-hydrogen) atoms. The molecule has 5 aliphatic rings. The number of ether oxygens (including phenoxy) is 2. The van der Waals surface area contributed by atoms with Crippen molar-refractivity contribution in [2.24, 2.45) is 17.3 Å². The van der Waals surface area contributed by atoms with E-state index in [2.05, 4.69) is 6.92 Å². The van der Waals surface area contributed by atoms with Crippen LogP contribution in [0.5, 0.6) is 0 Å². The van der Waals surface area contributed by atoms with E-state index in [4.69, 9.17) is 9.47 Å². The molecule has 0 radical (unpaired) electrons. The molecular weight excluding hydrogens is 448 g/mol. The minimum absolute atomic E-state index is 0.105. The van der Waals surface area contributed by atoms with Crippen LogP contribution in [-0.4, -0.2) is 56.3 Å². The van der Waals surface area contributed by atoms with Gasteiger partial charge in [0.05, 0.1) is 12.0 Å². The molecule has 0 unspecified atom stereocenters. The topological polar surface area (TPSA) is 113 Å². The third-order valence-corrected chi connectivity index (χ3v) is 10.6. The molecule has 2 fully saturated rings. The van der Waals surface area contributed by atoms with Crippen molar-refractivity contribution in [2.45, 2.75) is 109 Å². The van der Waals surface area contributed by atoms with Crippen molar-refractivity contribution < 1.29 is 34.4 Å². The summed E-state index contributed by atoms with van der Waals surface area (Å²) < 4.78 is 11.4. The molecule has 2 saturated carbocycles. The van der Waals surface area contributed by atoms with Gasteiger partial charge in [-0.2, -0.15) is 0 Å². The van der Waals surface area contributed by atoms with Crippen LogP contribution in [0.25, 0.3) is 0 Å². The smallest absolute Gasteiger partial charge is 0.334 e. The molecule has 0 aromatic heterocycles. The average molecular weight is 487 g/mol. The molecule has 7 nitrogen and oxygen atoms in total. The summed E-state index contributed by atoms with van der Waals surface area (Å²) in [6.07, 6.45) is 5.32. The van der Waals surface area contributed by atoms with Gasteiger partial charge in [0, 0.05) is 17.4 Å². The Morgan fingerprint density at radius 1 is 1.09 bits per heavy atom. The second-order valence-electron chi connectivity index (χ2n) is 12.0. The number of esters is 2. The largest absolute Gasteiger partial charge is 0.457 e. The molecular formula is C28H38O7. The molecule has 0 spiro atoms. The van der Waals surface area contributed by atoms with Crippen LogP contribution in [0.1, 0.15) is 79.6 Å². The Morgan fingerprint density at radius 2 is 1.80 bits per heavy atom. The van der Waals surface area contributed by atoms with Gasteiger partial charge >= 0.3 is 11.9 Å². The number of cyclic esters (lactones) is 1. The summed E-state index contributed by atoms with van der Waals surface area (Å²) in [6, 6.07) is 0. The fraction of sp³-hybridized carbons (Fsp3) is 0.714. The fourth-order valence-electron chi connectivity index (χ4n) is 8.08. The number of carbonyl (C=O) groups is 2. The van der Waals surface area contributed by atoms with Crippen LogP contribution in [0.15, 0.2) is 34.4 Å². The van der Waals surface area contributed by atoms with Gasteiger partial charge in [0.1, 0.15) is 23.4 Å². The zero-order valence-corrected chi connectivity index (χ0v) is 21.4. The zero-order valence-electron chi connectivity index (χ0n) is 21.4. The van der Waals surface area contributed by atoms with Gasteiger partial charge in [-0.05, 0) is 77.2 Å². The lowest BCUT2D eigenvalue weighted by molar-refractivity contribution is -0.276. The van der Waals surface area contributed by atoms with E-state index in [1.807, 2.05) is 26.0 Å². The number of allylic oxidation sites excluding steroid dienone is 1. The van der Waals surface area contributed by atoms with Gasteiger partial charge in [0.25, 0.3) is 0 Å². The van der Waals surface area contributed by atoms with Gasteiger partial charge in [-0.3, -0.25) is 4.79 Å². The van der Waals surface area contributed by atoms with Crippen molar-refractivity contribution in [3.8, 4) is 0 Å². The van der Waals surface area contributed by atoms with E-state index in [1.54, 1.807) is 13.8 Å². The van der Waals surface area contributed by atoms with Crippen molar-refractivity contribution in [3.05, 3.63) is 34.4 Å². The first kappa shape index (κ1) is 24.7. The van der Waals surface area contributed by atoms with Crippen LogP contribution in [0.4, 0.5) is 0 Å². The predicted molar refractivity (Wildman–Crippen MR) is 128 cm³/mol. The van der Waals surface area contributed by atoms with Crippen LogP contribution in [0.2, 0.25) is 0 Å². The molecule has 3 N–H and O–H groups in total. The number of hydrogen-bond acceptors (Lipinski definition) is 7. The molecule has 5 rings (SSSR count). The van der Waals surface area contributed by atoms with Crippen LogP contribution >= 0.6 is 0 Å². The molecule has 8 atom stereocenters. The summed E-state index contributed by atoms with van der Waals surface area (Å²) >= 11 is 0. The Bertz CT molecular complexity index is 1070. The van der Waals surface area contributed by atoms with Gasteiger partial charge in [0.2, 0.25) is 0 Å². The highest BCUT2D eigenvalue weighted by molar-refractivity contribution is 5.89. The number of rotatable bonds is 2. The first-order valence-corrected chi connectivity index (χ1v) is 12.9. The normalized spacial score (nSPS) is 45.1. The number of aliphatic hydroxyl groups is 3. The van der Waals surface area contributed by atoms with E-state index in [0.29, 0.717) is 31.3 Å². The molecule has 0 saturated heterocycles. The van der Waals surface area contributed by atoms with Crippen molar-refractivity contribution in [2.75, 3.05) is 0 Å². The van der Waals surface area contributed by atoms with E-state index in [0.717, 1.165) is 23.1 Å². The van der Waals surface area contributed by atoms with Crippen LogP contribution in [0.3, 0.4) is 0 Å². The maximum atomic E-state index is 12.4. The Hall–Kier alpha value is -1.96. The highest BCUT2D eigenvalue weighted by Gasteiger charge is 2.75. The Morgan fingerprint density at radius 3 is 2.49 bits per heavy atom. The lowest BCUT2D eigenvalue weighted by Crippen LogP contribution is -2.71. The first-order chi connectivity index (χ1) is 16.3. The maximum absolute atomic E-state index is 12.4. The van der Waals surface area contributed by atoms with E-state index >= 15 is 0 Å². The van der Waals surface area contributed by atoms with Crippen LogP contribution in [-0.2, 0) is 19.1 Å². The first-order valence-electron chi connectivity index (χ1n) is 12.9. The zero-order chi connectivity index (χ0) is 25.6. The molecule has 0 aromatic rings. The highest BCUT2D eigenvalue weighted by Crippen LogP contribution is 2.68. The monoisotopic (exact) mass is 486 g/mol. The summed E-state index contributed by atoms with van der Waals surface area (Å²) in [6.45, 7) is 9.03. The summed E-state index contributed by atoms with van der Waals surface area (Å²) in [4.78, 5) is 24.6. The summed E-state index contributed by atoms with van der Waals surface area (Å²) in [7, 11) is 0. The minimum Gasteiger partial charge on any atom is -0.457 e. The molecule has 0 bridgehead atoms.